The average Bonchev–Trinajstić information content (AvgIpc) is 3.24. The average molecular weight is 265 g/mol. The minimum absolute atomic E-state index is 0.469. The summed E-state index contributed by atoms with van der Waals surface area (Å²) in [6.45, 7) is 3.76. The Morgan fingerprint density at radius 1 is 1.42 bits per heavy atom. The van der Waals surface area contributed by atoms with Crippen molar-refractivity contribution >= 4 is 11.5 Å². The number of ether oxygens (including phenoxy) is 2. The molecule has 2 rings (SSSR count). The fraction of sp³-hybridized carbons (Fsp3) is 0.643. The van der Waals surface area contributed by atoms with Crippen molar-refractivity contribution in [2.75, 3.05) is 38.0 Å². The second-order valence-electron chi connectivity index (χ2n) is 5.03. The van der Waals surface area contributed by atoms with Gasteiger partial charge in [-0.1, -0.05) is 0 Å². The standard InChI is InChI=1S/C14H23N3O2/c1-10(11-4-5-11)17(8-9-18-2)13-7-6-12(15)14(16-13)19-3/h6-7,10-11H,4-5,8-9,15H2,1-3H3. The summed E-state index contributed by atoms with van der Waals surface area (Å²) in [6.07, 6.45) is 2.60. The molecule has 5 nitrogen and oxygen atoms in total. The van der Waals surface area contributed by atoms with Gasteiger partial charge in [0.1, 0.15) is 5.82 Å². The van der Waals surface area contributed by atoms with Crippen LogP contribution in [0.3, 0.4) is 0 Å². The first-order valence-corrected chi connectivity index (χ1v) is 6.73. The highest BCUT2D eigenvalue weighted by Gasteiger charge is 2.32. The van der Waals surface area contributed by atoms with E-state index in [4.69, 9.17) is 15.2 Å². The van der Waals surface area contributed by atoms with E-state index in [2.05, 4.69) is 16.8 Å². The van der Waals surface area contributed by atoms with E-state index in [-0.39, 0.29) is 0 Å². The van der Waals surface area contributed by atoms with Crippen LogP contribution in [0.1, 0.15) is 19.8 Å². The minimum atomic E-state index is 0.469. The molecule has 0 radical (unpaired) electrons. The summed E-state index contributed by atoms with van der Waals surface area (Å²) in [5, 5.41) is 0. The van der Waals surface area contributed by atoms with Gasteiger partial charge in [0.15, 0.2) is 0 Å². The smallest absolute Gasteiger partial charge is 0.238 e. The third-order valence-electron chi connectivity index (χ3n) is 3.69. The first kappa shape index (κ1) is 13.9. The van der Waals surface area contributed by atoms with E-state index < -0.39 is 0 Å². The SMILES string of the molecule is COCCN(c1ccc(N)c(OC)n1)C(C)C1CC1. The Labute approximate surface area is 114 Å². The van der Waals surface area contributed by atoms with Gasteiger partial charge in [-0.25, -0.2) is 0 Å². The minimum Gasteiger partial charge on any atom is -0.479 e. The lowest BCUT2D eigenvalue weighted by molar-refractivity contribution is 0.202. The zero-order valence-corrected chi connectivity index (χ0v) is 11.9. The lowest BCUT2D eigenvalue weighted by Gasteiger charge is -2.30. The molecule has 106 valence electrons. The summed E-state index contributed by atoms with van der Waals surface area (Å²) in [7, 11) is 3.31. The molecule has 0 spiro atoms. The lowest BCUT2D eigenvalue weighted by Crippen LogP contribution is -2.37. The largest absolute Gasteiger partial charge is 0.479 e. The van der Waals surface area contributed by atoms with Crippen LogP contribution >= 0.6 is 0 Å². The highest BCUT2D eigenvalue weighted by Crippen LogP contribution is 2.37. The number of rotatable bonds is 7. The normalized spacial score (nSPS) is 16.2. The molecule has 1 aromatic heterocycles. The summed E-state index contributed by atoms with van der Waals surface area (Å²) >= 11 is 0. The van der Waals surface area contributed by atoms with E-state index in [1.165, 1.54) is 12.8 Å². The molecule has 1 aromatic rings. The van der Waals surface area contributed by atoms with Gasteiger partial charge in [0.25, 0.3) is 0 Å². The quantitative estimate of drug-likeness (QED) is 0.816. The van der Waals surface area contributed by atoms with Gasteiger partial charge >= 0.3 is 0 Å². The molecular formula is C14H23N3O2. The van der Waals surface area contributed by atoms with E-state index in [1.807, 2.05) is 12.1 Å². The predicted octanol–water partition coefficient (Wildman–Crippen LogP) is 1.92. The van der Waals surface area contributed by atoms with Gasteiger partial charge in [0.05, 0.1) is 19.4 Å². The van der Waals surface area contributed by atoms with Crippen molar-refractivity contribution in [3.63, 3.8) is 0 Å². The van der Waals surface area contributed by atoms with Crippen LogP contribution < -0.4 is 15.4 Å². The highest BCUT2D eigenvalue weighted by molar-refractivity contribution is 5.55. The maximum Gasteiger partial charge on any atom is 0.238 e. The fourth-order valence-electron chi connectivity index (χ4n) is 2.31. The van der Waals surface area contributed by atoms with Gasteiger partial charge in [-0.3, -0.25) is 0 Å². The molecule has 2 N–H and O–H groups in total. The number of anilines is 2. The molecule has 19 heavy (non-hydrogen) atoms. The van der Waals surface area contributed by atoms with Crippen molar-refractivity contribution in [3.8, 4) is 5.88 Å². The zero-order chi connectivity index (χ0) is 13.8. The molecule has 1 aliphatic rings. The molecule has 0 aromatic carbocycles. The Balaban J connectivity index is 2.20. The molecule has 1 fully saturated rings. The Morgan fingerprint density at radius 3 is 2.74 bits per heavy atom. The van der Waals surface area contributed by atoms with E-state index in [0.29, 0.717) is 24.2 Å². The van der Waals surface area contributed by atoms with Gasteiger partial charge in [0, 0.05) is 19.7 Å². The number of nitrogens with two attached hydrogens (primary N) is 1. The third-order valence-corrected chi connectivity index (χ3v) is 3.69. The fourth-order valence-corrected chi connectivity index (χ4v) is 2.31. The molecule has 1 unspecified atom stereocenters. The second-order valence-corrected chi connectivity index (χ2v) is 5.03. The van der Waals surface area contributed by atoms with Crippen molar-refractivity contribution in [2.24, 2.45) is 5.92 Å². The number of aromatic nitrogens is 1. The van der Waals surface area contributed by atoms with Crippen molar-refractivity contribution in [1.82, 2.24) is 4.98 Å². The van der Waals surface area contributed by atoms with E-state index in [9.17, 15) is 0 Å². The number of nitrogens with zero attached hydrogens (tertiary/aromatic N) is 2. The molecule has 0 bridgehead atoms. The summed E-state index contributed by atoms with van der Waals surface area (Å²) in [5.74, 6) is 2.16. The van der Waals surface area contributed by atoms with Gasteiger partial charge in [-0.2, -0.15) is 4.98 Å². The van der Waals surface area contributed by atoms with E-state index >= 15 is 0 Å². The summed E-state index contributed by atoms with van der Waals surface area (Å²) in [6, 6.07) is 4.27. The van der Waals surface area contributed by atoms with Crippen molar-refractivity contribution in [3.05, 3.63) is 12.1 Å². The molecule has 1 saturated carbocycles. The van der Waals surface area contributed by atoms with Crippen molar-refractivity contribution in [1.29, 1.82) is 0 Å². The van der Waals surface area contributed by atoms with Crippen LogP contribution in [0.4, 0.5) is 11.5 Å². The number of methoxy groups -OCH3 is 2. The highest BCUT2D eigenvalue weighted by atomic mass is 16.5. The van der Waals surface area contributed by atoms with Crippen LogP contribution in [0, 0.1) is 5.92 Å². The first-order chi connectivity index (χ1) is 9.17. The second kappa shape index (κ2) is 6.10. The van der Waals surface area contributed by atoms with Crippen LogP contribution in [0.5, 0.6) is 5.88 Å². The van der Waals surface area contributed by atoms with Crippen LogP contribution in [0.15, 0.2) is 12.1 Å². The molecule has 0 amide bonds. The van der Waals surface area contributed by atoms with Crippen molar-refractivity contribution in [2.45, 2.75) is 25.8 Å². The maximum absolute atomic E-state index is 5.82. The number of nitrogen functional groups attached to an aromatic ring is 1. The van der Waals surface area contributed by atoms with Gasteiger partial charge in [-0.05, 0) is 37.8 Å². The molecule has 0 saturated heterocycles. The van der Waals surface area contributed by atoms with Crippen LogP contribution in [0.25, 0.3) is 0 Å². The molecular weight excluding hydrogens is 242 g/mol. The Bertz CT molecular complexity index is 421. The third kappa shape index (κ3) is 3.29. The molecule has 5 heteroatoms. The van der Waals surface area contributed by atoms with Gasteiger partial charge < -0.3 is 20.1 Å². The van der Waals surface area contributed by atoms with Gasteiger partial charge in [0.2, 0.25) is 5.88 Å². The first-order valence-electron chi connectivity index (χ1n) is 6.73. The molecule has 1 atom stereocenters. The van der Waals surface area contributed by atoms with Crippen molar-refractivity contribution < 1.29 is 9.47 Å². The van der Waals surface area contributed by atoms with Crippen LogP contribution in [0.2, 0.25) is 0 Å². The monoisotopic (exact) mass is 265 g/mol. The summed E-state index contributed by atoms with van der Waals surface area (Å²) in [4.78, 5) is 6.78. The lowest BCUT2D eigenvalue weighted by atomic mass is 10.2. The number of hydrogen-bond acceptors (Lipinski definition) is 5. The Kier molecular flexibility index (Phi) is 4.47. The number of hydrogen-bond donors (Lipinski definition) is 1. The predicted molar refractivity (Wildman–Crippen MR) is 76.6 cm³/mol. The zero-order valence-electron chi connectivity index (χ0n) is 11.9. The summed E-state index contributed by atoms with van der Waals surface area (Å²) in [5.41, 5.74) is 6.38. The van der Waals surface area contributed by atoms with Gasteiger partial charge in [-0.15, -0.1) is 0 Å². The molecule has 1 aliphatic carbocycles. The molecule has 0 aliphatic heterocycles. The maximum atomic E-state index is 5.82. The molecule has 1 heterocycles. The van der Waals surface area contributed by atoms with Crippen LogP contribution in [-0.4, -0.2) is 38.4 Å². The van der Waals surface area contributed by atoms with Crippen LogP contribution in [-0.2, 0) is 4.74 Å². The summed E-state index contributed by atoms with van der Waals surface area (Å²) < 4.78 is 10.4. The number of pyridine rings is 1. The van der Waals surface area contributed by atoms with E-state index in [0.717, 1.165) is 18.3 Å². The van der Waals surface area contributed by atoms with E-state index in [1.54, 1.807) is 14.2 Å². The topological polar surface area (TPSA) is 60.6 Å². The Morgan fingerprint density at radius 2 is 2.16 bits per heavy atom. The Hall–Kier alpha value is -1.49.